The maximum atomic E-state index is 13.3. The van der Waals surface area contributed by atoms with Gasteiger partial charge in [-0.2, -0.15) is 0 Å². The van der Waals surface area contributed by atoms with E-state index in [1.54, 1.807) is 0 Å². The molecule has 3 unspecified atom stereocenters. The Bertz CT molecular complexity index is 1330. The van der Waals surface area contributed by atoms with E-state index in [4.69, 9.17) is 4.74 Å². The van der Waals surface area contributed by atoms with E-state index in [1.165, 1.54) is 141 Å². The molecular formula is C64H113NO5. The number of rotatable bonds is 53. The molecule has 0 saturated heterocycles. The molecule has 0 bridgehead atoms. The van der Waals surface area contributed by atoms with Gasteiger partial charge in [0.1, 0.15) is 6.10 Å². The lowest BCUT2D eigenvalue weighted by Crippen LogP contribution is -2.46. The third-order valence-electron chi connectivity index (χ3n) is 13.4. The number of hydrogen-bond donors (Lipinski definition) is 3. The molecule has 0 aliphatic carbocycles. The molecule has 404 valence electrons. The van der Waals surface area contributed by atoms with Crippen LogP contribution in [-0.2, 0) is 14.3 Å². The minimum atomic E-state index is -0.808. The molecule has 3 atom stereocenters. The number of unbranched alkanes of at least 4 members (excludes halogenated alkanes) is 32. The van der Waals surface area contributed by atoms with Gasteiger partial charge in [0.25, 0.3) is 0 Å². The molecule has 0 aromatic carbocycles. The molecule has 0 heterocycles. The minimum Gasteiger partial charge on any atom is -0.462 e. The molecule has 0 aromatic rings. The topological polar surface area (TPSA) is 95.9 Å². The lowest BCUT2D eigenvalue weighted by atomic mass is 10.0. The Kier molecular flexibility index (Phi) is 54.5. The summed E-state index contributed by atoms with van der Waals surface area (Å²) in [5, 5.41) is 23.9. The first kappa shape index (κ1) is 67.0. The first-order valence-corrected chi connectivity index (χ1v) is 29.9. The highest BCUT2D eigenvalue weighted by atomic mass is 16.5. The lowest BCUT2D eigenvalue weighted by molar-refractivity contribution is -0.151. The monoisotopic (exact) mass is 976 g/mol. The number of carbonyl (C=O) groups is 2. The molecule has 70 heavy (non-hydrogen) atoms. The molecule has 6 nitrogen and oxygen atoms in total. The molecule has 0 aromatic heterocycles. The van der Waals surface area contributed by atoms with Crippen LogP contribution in [0.1, 0.15) is 284 Å². The zero-order valence-corrected chi connectivity index (χ0v) is 46.1. The summed E-state index contributed by atoms with van der Waals surface area (Å²) in [6.07, 6.45) is 75.0. The first-order chi connectivity index (χ1) is 34.5. The van der Waals surface area contributed by atoms with Crippen LogP contribution in [0.3, 0.4) is 0 Å². The van der Waals surface area contributed by atoms with Crippen LogP contribution in [0.5, 0.6) is 0 Å². The minimum absolute atomic E-state index is 0.0400. The van der Waals surface area contributed by atoms with Crippen molar-refractivity contribution < 1.29 is 24.5 Å². The summed E-state index contributed by atoms with van der Waals surface area (Å²) in [5.74, 6) is -0.533. The van der Waals surface area contributed by atoms with Crippen molar-refractivity contribution in [2.75, 3.05) is 6.61 Å². The highest BCUT2D eigenvalue weighted by Gasteiger charge is 2.24. The second kappa shape index (κ2) is 56.9. The van der Waals surface area contributed by atoms with Gasteiger partial charge in [0.15, 0.2) is 0 Å². The summed E-state index contributed by atoms with van der Waals surface area (Å²) in [6.45, 7) is 6.44. The predicted molar refractivity (Wildman–Crippen MR) is 305 cm³/mol. The number of aliphatic hydroxyl groups excluding tert-OH is 2. The Hall–Kier alpha value is -2.96. The largest absolute Gasteiger partial charge is 0.462 e. The number of aliphatic hydroxyl groups is 2. The van der Waals surface area contributed by atoms with Crippen molar-refractivity contribution in [3.05, 3.63) is 85.1 Å². The predicted octanol–water partition coefficient (Wildman–Crippen LogP) is 18.7. The number of hydrogen-bond acceptors (Lipinski definition) is 5. The van der Waals surface area contributed by atoms with Gasteiger partial charge >= 0.3 is 5.97 Å². The van der Waals surface area contributed by atoms with Crippen LogP contribution in [0.25, 0.3) is 0 Å². The van der Waals surface area contributed by atoms with E-state index in [0.29, 0.717) is 19.3 Å². The van der Waals surface area contributed by atoms with Crippen LogP contribution < -0.4 is 5.32 Å². The Morgan fingerprint density at radius 2 is 0.729 bits per heavy atom. The molecule has 0 radical (unpaired) electrons. The summed E-state index contributed by atoms with van der Waals surface area (Å²) in [5.41, 5.74) is 0. The first-order valence-electron chi connectivity index (χ1n) is 29.9. The molecule has 0 aliphatic heterocycles. The van der Waals surface area contributed by atoms with Gasteiger partial charge in [0, 0.05) is 6.42 Å². The maximum Gasteiger partial charge on any atom is 0.306 e. The fraction of sp³-hybridized carbons (Fsp3) is 0.750. The fourth-order valence-corrected chi connectivity index (χ4v) is 8.80. The van der Waals surface area contributed by atoms with Gasteiger partial charge < -0.3 is 20.3 Å². The quantitative estimate of drug-likeness (QED) is 0.0321. The van der Waals surface area contributed by atoms with Crippen LogP contribution in [0, 0.1) is 0 Å². The summed E-state index contributed by atoms with van der Waals surface area (Å²) in [4.78, 5) is 26.3. The number of amides is 1. The zero-order valence-electron chi connectivity index (χ0n) is 46.1. The molecule has 0 saturated carbocycles. The number of nitrogens with one attached hydrogen (secondary N) is 1. The highest BCUT2D eigenvalue weighted by Crippen LogP contribution is 2.18. The van der Waals surface area contributed by atoms with Gasteiger partial charge in [0.05, 0.1) is 25.2 Å². The normalized spacial score (nSPS) is 13.7. The number of esters is 1. The SMILES string of the molecule is CCCCC/C=C/C=C/C=C/C=C/CCCCCC(CC(=O)NC(CO)C(O)CCCCCCCCCCCCCCCCCCC)OC(=O)CCCCCCC/C=C/C=C/C=C/CCCCCCC. The van der Waals surface area contributed by atoms with Crippen molar-refractivity contribution >= 4 is 11.9 Å². The van der Waals surface area contributed by atoms with Crippen LogP contribution in [-0.4, -0.2) is 46.9 Å². The average molecular weight is 977 g/mol. The number of ether oxygens (including phenoxy) is 1. The van der Waals surface area contributed by atoms with Crippen molar-refractivity contribution in [2.45, 2.75) is 302 Å². The smallest absolute Gasteiger partial charge is 0.306 e. The van der Waals surface area contributed by atoms with Gasteiger partial charge in [-0.3, -0.25) is 9.59 Å². The van der Waals surface area contributed by atoms with Crippen LogP contribution in [0.4, 0.5) is 0 Å². The van der Waals surface area contributed by atoms with E-state index in [-0.39, 0.29) is 24.9 Å². The van der Waals surface area contributed by atoms with Crippen LogP contribution in [0.15, 0.2) is 85.1 Å². The molecule has 1 amide bonds. The lowest BCUT2D eigenvalue weighted by Gasteiger charge is -2.24. The standard InChI is InChI=1S/C64H113NO5/c1-4-7-10-13-16-19-22-25-28-31-33-36-39-42-45-48-51-54-57-64(69)70-60(55-52-49-46-43-40-37-34-30-27-24-21-18-15-12-9-6-3)58-63(68)65-61(59-66)62(67)56-53-50-47-44-41-38-35-32-29-26-23-20-17-14-11-8-5-2/h18,21-22,24-25,27-28,30-31,33-34,36-37,40,60-62,66-67H,4-17,19-20,23,26,29,32,35,38-39,41-59H2,1-3H3,(H,65,68)/b21-18+,25-22+,27-24+,31-28+,34-30+,36-33+,40-37+. The maximum absolute atomic E-state index is 13.3. The summed E-state index contributed by atoms with van der Waals surface area (Å²) >= 11 is 0. The van der Waals surface area contributed by atoms with E-state index < -0.39 is 18.2 Å². The number of carbonyl (C=O) groups excluding carboxylic acids is 2. The highest BCUT2D eigenvalue weighted by molar-refractivity contribution is 5.77. The van der Waals surface area contributed by atoms with E-state index in [9.17, 15) is 19.8 Å². The van der Waals surface area contributed by atoms with Gasteiger partial charge in [-0.1, -0.05) is 279 Å². The van der Waals surface area contributed by atoms with Gasteiger partial charge in [-0.05, 0) is 77.0 Å². The van der Waals surface area contributed by atoms with Gasteiger partial charge in [-0.25, -0.2) is 0 Å². The van der Waals surface area contributed by atoms with Crippen molar-refractivity contribution in [2.24, 2.45) is 0 Å². The van der Waals surface area contributed by atoms with Crippen molar-refractivity contribution in [3.63, 3.8) is 0 Å². The van der Waals surface area contributed by atoms with Crippen molar-refractivity contribution in [3.8, 4) is 0 Å². The Morgan fingerprint density at radius 1 is 0.414 bits per heavy atom. The summed E-state index contributed by atoms with van der Waals surface area (Å²) in [7, 11) is 0. The van der Waals surface area contributed by atoms with Crippen LogP contribution >= 0.6 is 0 Å². The molecule has 0 rings (SSSR count). The second-order valence-corrected chi connectivity index (χ2v) is 20.2. The third-order valence-corrected chi connectivity index (χ3v) is 13.4. The van der Waals surface area contributed by atoms with Crippen LogP contribution in [0.2, 0.25) is 0 Å². The Morgan fingerprint density at radius 3 is 1.14 bits per heavy atom. The summed E-state index contributed by atoms with van der Waals surface area (Å²) in [6, 6.07) is -0.725. The summed E-state index contributed by atoms with van der Waals surface area (Å²) < 4.78 is 5.94. The molecule has 0 aliphatic rings. The fourth-order valence-electron chi connectivity index (χ4n) is 8.80. The van der Waals surface area contributed by atoms with E-state index in [1.807, 2.05) is 6.08 Å². The van der Waals surface area contributed by atoms with E-state index in [0.717, 1.165) is 96.3 Å². The van der Waals surface area contributed by atoms with Gasteiger partial charge in [0.2, 0.25) is 5.91 Å². The Balaban J connectivity index is 4.66. The molecule has 6 heteroatoms. The molecule has 0 spiro atoms. The molecule has 3 N–H and O–H groups in total. The average Bonchev–Trinajstić information content (AvgIpc) is 3.35. The van der Waals surface area contributed by atoms with E-state index in [2.05, 4.69) is 105 Å². The zero-order chi connectivity index (χ0) is 50.9. The van der Waals surface area contributed by atoms with Crippen molar-refractivity contribution in [1.29, 1.82) is 0 Å². The second-order valence-electron chi connectivity index (χ2n) is 20.2. The number of allylic oxidation sites excluding steroid dienone is 14. The molecular weight excluding hydrogens is 863 g/mol. The third kappa shape index (κ3) is 51.4. The Labute approximate surface area is 433 Å². The van der Waals surface area contributed by atoms with Gasteiger partial charge in [-0.15, -0.1) is 0 Å². The van der Waals surface area contributed by atoms with E-state index >= 15 is 0 Å². The van der Waals surface area contributed by atoms with Crippen molar-refractivity contribution in [1.82, 2.24) is 5.32 Å². The molecule has 0 fully saturated rings.